The first-order valence-electron chi connectivity index (χ1n) is 9.95. The molecule has 0 aromatic heterocycles. The van der Waals surface area contributed by atoms with Crippen molar-refractivity contribution in [3.05, 3.63) is 29.8 Å². The second kappa shape index (κ2) is 10.9. The molecule has 2 rings (SSSR count). The number of piperidine rings is 1. The van der Waals surface area contributed by atoms with E-state index in [1.54, 1.807) is 19.1 Å². The van der Waals surface area contributed by atoms with E-state index >= 15 is 0 Å². The van der Waals surface area contributed by atoms with E-state index in [1.807, 2.05) is 13.2 Å². The molecule has 30 heavy (non-hydrogen) atoms. The summed E-state index contributed by atoms with van der Waals surface area (Å²) in [6.07, 6.45) is 3.27. The highest BCUT2D eigenvalue weighted by molar-refractivity contribution is 7.98. The van der Waals surface area contributed by atoms with Gasteiger partial charge in [-0.1, -0.05) is 17.7 Å². The molecule has 1 aromatic rings. The Morgan fingerprint density at radius 3 is 2.30 bits per heavy atom. The summed E-state index contributed by atoms with van der Waals surface area (Å²) >= 11 is 1.53. The SMILES string of the molecule is CCS(=O)(=O)N1CCC(NC(=O)[C@H](CCSC)NS(=O)(=O)c2ccc(C)cc2)CC1. The van der Waals surface area contributed by atoms with Crippen LogP contribution in [0.3, 0.4) is 0 Å². The number of hydrogen-bond donors (Lipinski definition) is 2. The van der Waals surface area contributed by atoms with Crippen LogP contribution in [0.1, 0.15) is 31.7 Å². The van der Waals surface area contributed by atoms with Crippen molar-refractivity contribution < 1.29 is 21.6 Å². The average molecular weight is 478 g/mol. The molecule has 0 bridgehead atoms. The van der Waals surface area contributed by atoms with Crippen molar-refractivity contribution in [3.8, 4) is 0 Å². The Labute approximate surface area is 184 Å². The Bertz CT molecular complexity index is 909. The number of hydrogen-bond acceptors (Lipinski definition) is 6. The van der Waals surface area contributed by atoms with Crippen LogP contribution >= 0.6 is 11.8 Å². The lowest BCUT2D eigenvalue weighted by Crippen LogP contribution is -2.52. The van der Waals surface area contributed by atoms with Crippen molar-refractivity contribution in [1.29, 1.82) is 0 Å². The van der Waals surface area contributed by atoms with Gasteiger partial charge in [-0.15, -0.1) is 0 Å². The van der Waals surface area contributed by atoms with Crippen LogP contribution in [-0.2, 0) is 24.8 Å². The molecule has 1 atom stereocenters. The molecule has 1 heterocycles. The Kier molecular flexibility index (Phi) is 9.16. The summed E-state index contributed by atoms with van der Waals surface area (Å²) < 4.78 is 53.4. The van der Waals surface area contributed by atoms with Crippen LogP contribution < -0.4 is 10.0 Å². The van der Waals surface area contributed by atoms with Gasteiger partial charge in [-0.05, 0) is 57.3 Å². The molecule has 8 nitrogen and oxygen atoms in total. The van der Waals surface area contributed by atoms with Crippen LogP contribution in [-0.4, -0.2) is 70.0 Å². The van der Waals surface area contributed by atoms with E-state index < -0.39 is 26.1 Å². The number of amides is 1. The highest BCUT2D eigenvalue weighted by atomic mass is 32.2. The van der Waals surface area contributed by atoms with Crippen LogP contribution in [0.4, 0.5) is 0 Å². The third-order valence-corrected chi connectivity index (χ3v) is 9.13. The Balaban J connectivity index is 2.02. The Morgan fingerprint density at radius 1 is 1.17 bits per heavy atom. The maximum atomic E-state index is 12.8. The largest absolute Gasteiger partial charge is 0.352 e. The van der Waals surface area contributed by atoms with E-state index in [4.69, 9.17) is 0 Å². The zero-order valence-electron chi connectivity index (χ0n) is 17.6. The van der Waals surface area contributed by atoms with Crippen LogP contribution in [0.2, 0.25) is 0 Å². The van der Waals surface area contributed by atoms with Gasteiger partial charge in [0.15, 0.2) is 0 Å². The lowest BCUT2D eigenvalue weighted by molar-refractivity contribution is -0.123. The van der Waals surface area contributed by atoms with E-state index in [-0.39, 0.29) is 22.6 Å². The summed E-state index contributed by atoms with van der Waals surface area (Å²) in [5.74, 6) is 0.306. The number of sulfonamides is 2. The van der Waals surface area contributed by atoms with Gasteiger partial charge in [0.2, 0.25) is 26.0 Å². The van der Waals surface area contributed by atoms with Crippen molar-refractivity contribution in [2.24, 2.45) is 0 Å². The van der Waals surface area contributed by atoms with Crippen molar-refractivity contribution in [2.45, 2.75) is 50.1 Å². The van der Waals surface area contributed by atoms with E-state index in [2.05, 4.69) is 10.0 Å². The summed E-state index contributed by atoms with van der Waals surface area (Å²) in [6, 6.07) is 5.39. The molecule has 1 saturated heterocycles. The maximum absolute atomic E-state index is 12.8. The van der Waals surface area contributed by atoms with Crippen molar-refractivity contribution in [3.63, 3.8) is 0 Å². The van der Waals surface area contributed by atoms with E-state index in [1.165, 1.54) is 28.2 Å². The second-order valence-corrected chi connectivity index (χ2v) is 12.3. The minimum Gasteiger partial charge on any atom is -0.352 e. The van der Waals surface area contributed by atoms with Gasteiger partial charge in [-0.2, -0.15) is 16.5 Å². The number of aryl methyl sites for hydroxylation is 1. The molecular formula is C19H31N3O5S3. The summed E-state index contributed by atoms with van der Waals surface area (Å²) in [7, 11) is -7.06. The number of carbonyl (C=O) groups is 1. The average Bonchev–Trinajstić information content (AvgIpc) is 2.71. The standard InChI is InChI=1S/C19H31N3O5S3/c1-4-29(24,25)22-12-9-16(10-13-22)20-19(23)18(11-14-28-3)21-30(26,27)17-7-5-15(2)6-8-17/h5-8,16,18,21H,4,9-14H2,1-3H3,(H,20,23)/t18-/m0/s1. The van der Waals surface area contributed by atoms with Crippen molar-refractivity contribution in [2.75, 3.05) is 30.9 Å². The highest BCUT2D eigenvalue weighted by Gasteiger charge is 2.30. The molecule has 170 valence electrons. The monoisotopic (exact) mass is 477 g/mol. The first-order valence-corrected chi connectivity index (χ1v) is 14.4. The second-order valence-electron chi connectivity index (χ2n) is 7.35. The smallest absolute Gasteiger partial charge is 0.241 e. The van der Waals surface area contributed by atoms with Gasteiger partial charge in [0.25, 0.3) is 0 Å². The lowest BCUT2D eigenvalue weighted by Gasteiger charge is -2.32. The van der Waals surface area contributed by atoms with Gasteiger partial charge in [0, 0.05) is 19.1 Å². The number of rotatable bonds is 10. The molecule has 0 spiro atoms. The van der Waals surface area contributed by atoms with Crippen LogP contribution in [0.15, 0.2) is 29.2 Å². The lowest BCUT2D eigenvalue weighted by atomic mass is 10.1. The van der Waals surface area contributed by atoms with E-state index in [0.717, 1.165) is 5.56 Å². The topological polar surface area (TPSA) is 113 Å². The van der Waals surface area contributed by atoms with E-state index in [9.17, 15) is 21.6 Å². The van der Waals surface area contributed by atoms with Crippen LogP contribution in [0, 0.1) is 6.92 Å². The number of nitrogens with one attached hydrogen (secondary N) is 2. The quantitative estimate of drug-likeness (QED) is 0.526. The number of benzene rings is 1. The fraction of sp³-hybridized carbons (Fsp3) is 0.632. The molecule has 0 aliphatic carbocycles. The summed E-state index contributed by atoms with van der Waals surface area (Å²) in [5.41, 5.74) is 0.946. The predicted octanol–water partition coefficient (Wildman–Crippen LogP) is 1.33. The number of carbonyl (C=O) groups excluding carboxylic acids is 1. The fourth-order valence-electron chi connectivity index (χ4n) is 3.21. The molecule has 1 aromatic carbocycles. The third kappa shape index (κ3) is 6.94. The normalized spacial score (nSPS) is 17.6. The predicted molar refractivity (Wildman–Crippen MR) is 120 cm³/mol. The fourth-order valence-corrected chi connectivity index (χ4v) is 6.05. The summed E-state index contributed by atoms with van der Waals surface area (Å²) in [4.78, 5) is 13.0. The molecular weight excluding hydrogens is 446 g/mol. The summed E-state index contributed by atoms with van der Waals surface area (Å²) in [6.45, 7) is 4.19. The van der Waals surface area contributed by atoms with Gasteiger partial charge < -0.3 is 5.32 Å². The molecule has 0 saturated carbocycles. The van der Waals surface area contributed by atoms with E-state index in [0.29, 0.717) is 38.1 Å². The molecule has 2 N–H and O–H groups in total. The van der Waals surface area contributed by atoms with Gasteiger partial charge in [-0.25, -0.2) is 21.1 Å². The van der Waals surface area contributed by atoms with Crippen LogP contribution in [0.5, 0.6) is 0 Å². The Morgan fingerprint density at radius 2 is 1.77 bits per heavy atom. The number of thioether (sulfide) groups is 1. The number of nitrogens with zero attached hydrogens (tertiary/aromatic N) is 1. The molecule has 0 radical (unpaired) electrons. The van der Waals surface area contributed by atoms with Gasteiger partial charge in [-0.3, -0.25) is 4.79 Å². The zero-order valence-corrected chi connectivity index (χ0v) is 20.1. The highest BCUT2D eigenvalue weighted by Crippen LogP contribution is 2.16. The first-order chi connectivity index (χ1) is 14.1. The maximum Gasteiger partial charge on any atom is 0.241 e. The Hall–Kier alpha value is -1.14. The van der Waals surface area contributed by atoms with Gasteiger partial charge >= 0.3 is 0 Å². The molecule has 1 aliphatic heterocycles. The molecule has 1 amide bonds. The molecule has 1 fully saturated rings. The molecule has 11 heteroatoms. The summed E-state index contributed by atoms with van der Waals surface area (Å²) in [5, 5.41) is 2.90. The van der Waals surface area contributed by atoms with Crippen LogP contribution in [0.25, 0.3) is 0 Å². The van der Waals surface area contributed by atoms with Crippen molar-refractivity contribution >= 4 is 37.7 Å². The first kappa shape index (κ1) is 25.1. The third-order valence-electron chi connectivity index (χ3n) is 5.11. The van der Waals surface area contributed by atoms with Crippen molar-refractivity contribution in [1.82, 2.24) is 14.3 Å². The zero-order chi connectivity index (χ0) is 22.4. The minimum absolute atomic E-state index is 0.0571. The minimum atomic E-state index is -3.83. The van der Waals surface area contributed by atoms with Gasteiger partial charge in [0.1, 0.15) is 6.04 Å². The molecule has 1 aliphatic rings. The van der Waals surface area contributed by atoms with Gasteiger partial charge in [0.05, 0.1) is 10.6 Å². The molecule has 0 unspecified atom stereocenters.